The van der Waals surface area contributed by atoms with E-state index < -0.39 is 0 Å². The summed E-state index contributed by atoms with van der Waals surface area (Å²) in [4.78, 5) is 27.8. The molecule has 3 aromatic rings. The Hall–Kier alpha value is -3.22. The van der Waals surface area contributed by atoms with E-state index in [1.807, 2.05) is 23.4 Å². The van der Waals surface area contributed by atoms with Crippen LogP contribution in [-0.2, 0) is 0 Å². The van der Waals surface area contributed by atoms with Crippen LogP contribution in [0.2, 0.25) is 0 Å². The predicted octanol–water partition coefficient (Wildman–Crippen LogP) is 3.56. The minimum absolute atomic E-state index is 0.104. The van der Waals surface area contributed by atoms with E-state index in [2.05, 4.69) is 56.3 Å². The Balaban J connectivity index is 1.29. The Bertz CT molecular complexity index is 1060. The Morgan fingerprint density at radius 2 is 1.87 bits per heavy atom. The molecule has 2 aliphatic heterocycles. The molecule has 2 saturated heterocycles. The van der Waals surface area contributed by atoms with E-state index in [1.165, 1.54) is 18.5 Å². The molecule has 1 amide bonds. The number of piperazine rings is 1. The highest BCUT2D eigenvalue weighted by molar-refractivity contribution is 6.07. The van der Waals surface area contributed by atoms with Crippen molar-refractivity contribution in [3.63, 3.8) is 0 Å². The number of nitrogens with zero attached hydrogens (tertiary/aromatic N) is 4. The van der Waals surface area contributed by atoms with Crippen molar-refractivity contribution in [2.45, 2.75) is 19.8 Å². The summed E-state index contributed by atoms with van der Waals surface area (Å²) in [5.41, 5.74) is 4.10. The molecule has 0 atom stereocenters. The fraction of sp³-hybridized carbons (Fsp3) is 0.417. The first-order chi connectivity index (χ1) is 15.2. The highest BCUT2D eigenvalue weighted by atomic mass is 16.2. The second kappa shape index (κ2) is 8.49. The third kappa shape index (κ3) is 3.80. The van der Waals surface area contributed by atoms with Crippen molar-refractivity contribution in [3.05, 3.63) is 48.3 Å². The fourth-order valence-electron chi connectivity index (χ4n) is 4.73. The van der Waals surface area contributed by atoms with Gasteiger partial charge in [0.05, 0.1) is 11.3 Å². The number of carbonyl (C=O) groups excluding carboxylic acids is 1. The van der Waals surface area contributed by atoms with E-state index in [9.17, 15) is 4.79 Å². The number of aromatic amines is 1. The Morgan fingerprint density at radius 1 is 1.06 bits per heavy atom. The lowest BCUT2D eigenvalue weighted by Crippen LogP contribution is -2.49. The molecule has 2 N–H and O–H groups in total. The average Bonchev–Trinajstić information content (AvgIpc) is 3.49. The van der Waals surface area contributed by atoms with E-state index in [1.54, 1.807) is 0 Å². The Labute approximate surface area is 183 Å². The highest BCUT2D eigenvalue weighted by Crippen LogP contribution is 2.28. The van der Waals surface area contributed by atoms with Crippen molar-refractivity contribution in [2.75, 3.05) is 60.9 Å². The van der Waals surface area contributed by atoms with Gasteiger partial charge in [-0.3, -0.25) is 4.79 Å². The smallest absolute Gasteiger partial charge is 0.256 e. The lowest BCUT2D eigenvalue weighted by atomic mass is 10.1. The summed E-state index contributed by atoms with van der Waals surface area (Å²) < 4.78 is 0. The number of anilines is 3. The largest absolute Gasteiger partial charge is 0.382 e. The number of rotatable bonds is 5. The maximum atomic E-state index is 13.3. The molecule has 0 aliphatic carbocycles. The summed E-state index contributed by atoms with van der Waals surface area (Å²) in [6, 6.07) is 10.4. The number of benzene rings is 1. The number of hydrogen-bond donors (Lipinski definition) is 2. The van der Waals surface area contributed by atoms with Gasteiger partial charge in [0.2, 0.25) is 0 Å². The molecule has 0 radical (unpaired) electrons. The second-order valence-corrected chi connectivity index (χ2v) is 8.31. The molecule has 5 rings (SSSR count). The number of hydrogen-bond acceptors (Lipinski definition) is 5. The molecule has 2 aliphatic rings. The summed E-state index contributed by atoms with van der Waals surface area (Å²) in [5, 5.41) is 4.39. The molecule has 0 saturated carbocycles. The standard InChI is InChI=1S/C24H30N6O/c1-2-25-21-6-5-9-26-23(21)29-12-14-30(15-13-29)24(31)20-17-27-22-16-18(7-8-19(20)22)28-10-3-4-11-28/h5-9,16-17,25,27H,2-4,10-15H2,1H3. The van der Waals surface area contributed by atoms with Crippen molar-refractivity contribution >= 4 is 34.0 Å². The summed E-state index contributed by atoms with van der Waals surface area (Å²) in [7, 11) is 0. The molecule has 2 fully saturated rings. The van der Waals surface area contributed by atoms with Crippen LogP contribution in [0.4, 0.5) is 17.2 Å². The molecular weight excluding hydrogens is 388 g/mol. The van der Waals surface area contributed by atoms with Crippen molar-refractivity contribution in [2.24, 2.45) is 0 Å². The van der Waals surface area contributed by atoms with Gasteiger partial charge >= 0.3 is 0 Å². The molecular formula is C24H30N6O. The lowest BCUT2D eigenvalue weighted by Gasteiger charge is -2.36. The van der Waals surface area contributed by atoms with Crippen LogP contribution in [-0.4, -0.2) is 66.6 Å². The number of amides is 1. The number of H-pyrrole nitrogens is 1. The van der Waals surface area contributed by atoms with Crippen molar-refractivity contribution < 1.29 is 4.79 Å². The first-order valence-corrected chi connectivity index (χ1v) is 11.3. The van der Waals surface area contributed by atoms with E-state index in [0.29, 0.717) is 13.1 Å². The molecule has 1 aromatic carbocycles. The maximum absolute atomic E-state index is 13.3. The van der Waals surface area contributed by atoms with E-state index in [4.69, 9.17) is 0 Å². The van der Waals surface area contributed by atoms with Crippen molar-refractivity contribution in [1.29, 1.82) is 0 Å². The quantitative estimate of drug-likeness (QED) is 0.663. The van der Waals surface area contributed by atoms with Gasteiger partial charge in [0.1, 0.15) is 0 Å². The predicted molar refractivity (Wildman–Crippen MR) is 126 cm³/mol. The molecule has 4 heterocycles. The minimum Gasteiger partial charge on any atom is -0.382 e. The van der Waals surface area contributed by atoms with Gasteiger partial charge in [-0.15, -0.1) is 0 Å². The minimum atomic E-state index is 0.104. The highest BCUT2D eigenvalue weighted by Gasteiger charge is 2.26. The molecule has 31 heavy (non-hydrogen) atoms. The van der Waals surface area contributed by atoms with E-state index in [0.717, 1.165) is 60.7 Å². The number of nitrogens with one attached hydrogen (secondary N) is 2. The summed E-state index contributed by atoms with van der Waals surface area (Å²) in [5.74, 6) is 1.07. The average molecular weight is 419 g/mol. The molecule has 7 nitrogen and oxygen atoms in total. The topological polar surface area (TPSA) is 67.5 Å². The van der Waals surface area contributed by atoms with Crippen molar-refractivity contribution in [1.82, 2.24) is 14.9 Å². The zero-order valence-corrected chi connectivity index (χ0v) is 18.1. The second-order valence-electron chi connectivity index (χ2n) is 8.31. The van der Waals surface area contributed by atoms with Crippen molar-refractivity contribution in [3.8, 4) is 0 Å². The van der Waals surface area contributed by atoms with Gasteiger partial charge in [-0.1, -0.05) is 0 Å². The van der Waals surface area contributed by atoms with Crippen LogP contribution in [0.25, 0.3) is 10.9 Å². The van der Waals surface area contributed by atoms with Gasteiger partial charge in [0, 0.05) is 74.8 Å². The van der Waals surface area contributed by atoms with Crippen LogP contribution in [0.15, 0.2) is 42.7 Å². The monoisotopic (exact) mass is 418 g/mol. The van der Waals surface area contributed by atoms with E-state index >= 15 is 0 Å². The normalized spacial score (nSPS) is 16.9. The third-order valence-corrected chi connectivity index (χ3v) is 6.39. The van der Waals surface area contributed by atoms with Gasteiger partial charge in [-0.2, -0.15) is 0 Å². The first-order valence-electron chi connectivity index (χ1n) is 11.3. The van der Waals surface area contributed by atoms with Gasteiger partial charge in [-0.25, -0.2) is 4.98 Å². The summed E-state index contributed by atoms with van der Waals surface area (Å²) in [6.07, 6.45) is 6.21. The SMILES string of the molecule is CCNc1cccnc1N1CCN(C(=O)c2c[nH]c3cc(N4CCCC4)ccc23)CC1. The van der Waals surface area contributed by atoms with Crippen LogP contribution in [0.1, 0.15) is 30.1 Å². The number of carbonyl (C=O) groups is 1. The van der Waals surface area contributed by atoms with Crippen LogP contribution in [0.3, 0.4) is 0 Å². The Morgan fingerprint density at radius 3 is 2.65 bits per heavy atom. The molecule has 162 valence electrons. The fourth-order valence-corrected chi connectivity index (χ4v) is 4.73. The molecule has 0 spiro atoms. The number of pyridine rings is 1. The van der Waals surface area contributed by atoms with Crippen LogP contribution < -0.4 is 15.1 Å². The van der Waals surface area contributed by atoms with Gasteiger partial charge in [0.25, 0.3) is 5.91 Å². The number of fused-ring (bicyclic) bond motifs is 1. The van der Waals surface area contributed by atoms with Gasteiger partial charge < -0.3 is 25.0 Å². The molecule has 2 aromatic heterocycles. The third-order valence-electron chi connectivity index (χ3n) is 6.39. The van der Waals surface area contributed by atoms with Gasteiger partial charge in [0.15, 0.2) is 5.82 Å². The summed E-state index contributed by atoms with van der Waals surface area (Å²) >= 11 is 0. The summed E-state index contributed by atoms with van der Waals surface area (Å²) in [6.45, 7) is 8.13. The zero-order chi connectivity index (χ0) is 21.2. The van der Waals surface area contributed by atoms with Crippen LogP contribution in [0, 0.1) is 0 Å². The number of aromatic nitrogens is 2. The van der Waals surface area contributed by atoms with Gasteiger partial charge in [-0.05, 0) is 50.1 Å². The molecule has 0 bridgehead atoms. The molecule has 0 unspecified atom stereocenters. The first kappa shape index (κ1) is 19.7. The maximum Gasteiger partial charge on any atom is 0.256 e. The Kier molecular flexibility index (Phi) is 5.40. The molecule has 7 heteroatoms. The van der Waals surface area contributed by atoms with E-state index in [-0.39, 0.29) is 5.91 Å². The lowest BCUT2D eigenvalue weighted by molar-refractivity contribution is 0.0748. The van der Waals surface area contributed by atoms with Crippen LogP contribution in [0.5, 0.6) is 0 Å². The van der Waals surface area contributed by atoms with Crippen LogP contribution >= 0.6 is 0 Å². The zero-order valence-electron chi connectivity index (χ0n) is 18.1.